The van der Waals surface area contributed by atoms with Crippen molar-refractivity contribution in [3.63, 3.8) is 0 Å². The van der Waals surface area contributed by atoms with Crippen LogP contribution in [0.3, 0.4) is 0 Å². The average molecular weight is 472 g/mol. The Bertz CT molecular complexity index is 1260. The van der Waals surface area contributed by atoms with Crippen LogP contribution in [0.5, 0.6) is 11.5 Å². The maximum atomic E-state index is 13.3. The zero-order valence-corrected chi connectivity index (χ0v) is 20.3. The molecule has 1 fully saturated rings. The molecule has 0 saturated carbocycles. The normalized spacial score (nSPS) is 17.2. The highest BCUT2D eigenvalue weighted by molar-refractivity contribution is 6.51. The molecule has 3 aromatic carbocycles. The summed E-state index contributed by atoms with van der Waals surface area (Å²) in [6, 6.07) is 20.6. The Labute approximate surface area is 205 Å². The minimum absolute atomic E-state index is 0.0484. The quantitative estimate of drug-likeness (QED) is 0.273. The number of Topliss-reactive ketones (excluding diaryl/α,β-unsaturated/α-hetero) is 1. The molecule has 1 unspecified atom stereocenters. The van der Waals surface area contributed by atoms with Gasteiger partial charge in [0.25, 0.3) is 11.7 Å². The first-order chi connectivity index (χ1) is 16.8. The van der Waals surface area contributed by atoms with Gasteiger partial charge in [0.05, 0.1) is 25.3 Å². The lowest BCUT2D eigenvalue weighted by molar-refractivity contribution is -0.132. The van der Waals surface area contributed by atoms with Crippen LogP contribution in [0.25, 0.3) is 5.76 Å². The Morgan fingerprint density at radius 1 is 0.971 bits per heavy atom. The largest absolute Gasteiger partial charge is 0.507 e. The standard InChI is InChI=1S/C29H29NO5/c1-18(2)17-35-24-12-8-20(9-13-24)27(31)25-26(21-7-5-6-19(3)16-21)30(29(33)28(25)32)22-10-14-23(34-4)15-11-22/h5-16,18,26,31H,17H2,1-4H3/b27-25-. The number of nitrogens with zero attached hydrogens (tertiary/aromatic N) is 1. The third-order valence-corrected chi connectivity index (χ3v) is 5.86. The first-order valence-electron chi connectivity index (χ1n) is 11.5. The number of ketones is 1. The Hall–Kier alpha value is -4.06. The van der Waals surface area contributed by atoms with E-state index in [2.05, 4.69) is 13.8 Å². The Kier molecular flexibility index (Phi) is 6.92. The highest BCUT2D eigenvalue weighted by Gasteiger charge is 2.47. The van der Waals surface area contributed by atoms with Crippen LogP contribution in [0.2, 0.25) is 0 Å². The SMILES string of the molecule is COc1ccc(N2C(=O)C(=O)/C(=C(\O)c3ccc(OCC(C)C)cc3)C2c2cccc(C)c2)cc1. The summed E-state index contributed by atoms with van der Waals surface area (Å²) in [6.45, 7) is 6.64. The number of aryl methyl sites for hydroxylation is 1. The molecule has 1 saturated heterocycles. The molecule has 1 amide bonds. The van der Waals surface area contributed by atoms with Crippen molar-refractivity contribution in [1.29, 1.82) is 0 Å². The number of benzene rings is 3. The number of aliphatic hydroxyl groups is 1. The van der Waals surface area contributed by atoms with Crippen LogP contribution in [-0.2, 0) is 9.59 Å². The van der Waals surface area contributed by atoms with E-state index in [1.807, 2.05) is 31.2 Å². The van der Waals surface area contributed by atoms with Crippen LogP contribution in [0, 0.1) is 12.8 Å². The molecule has 4 rings (SSSR count). The first-order valence-corrected chi connectivity index (χ1v) is 11.5. The molecular weight excluding hydrogens is 442 g/mol. The summed E-state index contributed by atoms with van der Waals surface area (Å²) in [6.07, 6.45) is 0. The highest BCUT2D eigenvalue weighted by atomic mass is 16.5. The van der Waals surface area contributed by atoms with Crippen LogP contribution in [0.15, 0.2) is 78.4 Å². The number of aliphatic hydroxyl groups excluding tert-OH is 1. The van der Waals surface area contributed by atoms with Crippen LogP contribution in [0.4, 0.5) is 5.69 Å². The van der Waals surface area contributed by atoms with Gasteiger partial charge in [0.15, 0.2) is 0 Å². The number of methoxy groups -OCH3 is 1. The second-order valence-corrected chi connectivity index (χ2v) is 9.01. The van der Waals surface area contributed by atoms with E-state index in [9.17, 15) is 14.7 Å². The molecule has 1 aliphatic rings. The fraction of sp³-hybridized carbons (Fsp3) is 0.241. The molecule has 1 heterocycles. The third kappa shape index (κ3) is 4.92. The van der Waals surface area contributed by atoms with E-state index < -0.39 is 17.7 Å². The van der Waals surface area contributed by atoms with Crippen LogP contribution < -0.4 is 14.4 Å². The van der Waals surface area contributed by atoms with Gasteiger partial charge in [-0.05, 0) is 66.9 Å². The van der Waals surface area contributed by atoms with E-state index >= 15 is 0 Å². The van der Waals surface area contributed by atoms with Crippen LogP contribution in [0.1, 0.15) is 36.6 Å². The number of ether oxygens (including phenoxy) is 2. The number of carbonyl (C=O) groups excluding carboxylic acids is 2. The summed E-state index contributed by atoms with van der Waals surface area (Å²) in [5.41, 5.74) is 2.74. The van der Waals surface area contributed by atoms with Gasteiger partial charge in [0, 0.05) is 11.3 Å². The number of carbonyl (C=O) groups is 2. The molecular formula is C29H29NO5. The molecule has 1 aliphatic heterocycles. The molecule has 3 aromatic rings. The molecule has 0 spiro atoms. The Morgan fingerprint density at radius 3 is 2.23 bits per heavy atom. The predicted octanol–water partition coefficient (Wildman–Crippen LogP) is 5.66. The van der Waals surface area contributed by atoms with E-state index in [-0.39, 0.29) is 11.3 Å². The molecule has 6 nitrogen and oxygen atoms in total. The summed E-state index contributed by atoms with van der Waals surface area (Å²) in [4.78, 5) is 28.0. The van der Waals surface area contributed by atoms with Gasteiger partial charge >= 0.3 is 0 Å². The lowest BCUT2D eigenvalue weighted by Crippen LogP contribution is -2.29. The minimum atomic E-state index is -0.778. The van der Waals surface area contributed by atoms with Crippen molar-refractivity contribution < 1.29 is 24.2 Å². The molecule has 1 atom stereocenters. The van der Waals surface area contributed by atoms with Crippen molar-refractivity contribution in [2.24, 2.45) is 5.92 Å². The van der Waals surface area contributed by atoms with Gasteiger partial charge in [-0.25, -0.2) is 0 Å². The van der Waals surface area contributed by atoms with E-state index in [0.717, 1.165) is 11.1 Å². The second kappa shape index (κ2) is 10.1. The van der Waals surface area contributed by atoms with E-state index in [4.69, 9.17) is 9.47 Å². The summed E-state index contributed by atoms with van der Waals surface area (Å²) < 4.78 is 11.0. The fourth-order valence-electron chi connectivity index (χ4n) is 4.12. The molecule has 6 heteroatoms. The van der Waals surface area contributed by atoms with E-state index in [1.165, 1.54) is 4.90 Å². The fourth-order valence-corrected chi connectivity index (χ4v) is 4.12. The molecule has 0 aliphatic carbocycles. The number of hydrogen-bond acceptors (Lipinski definition) is 5. The maximum absolute atomic E-state index is 13.3. The lowest BCUT2D eigenvalue weighted by atomic mass is 9.94. The van der Waals surface area contributed by atoms with Gasteiger partial charge < -0.3 is 14.6 Å². The van der Waals surface area contributed by atoms with Crippen molar-refractivity contribution in [1.82, 2.24) is 0 Å². The number of rotatable bonds is 7. The van der Waals surface area contributed by atoms with Crippen molar-refractivity contribution >= 4 is 23.1 Å². The highest BCUT2D eigenvalue weighted by Crippen LogP contribution is 2.42. The minimum Gasteiger partial charge on any atom is -0.507 e. The average Bonchev–Trinajstić information content (AvgIpc) is 3.13. The van der Waals surface area contributed by atoms with Crippen molar-refractivity contribution in [2.75, 3.05) is 18.6 Å². The summed E-state index contributed by atoms with van der Waals surface area (Å²) >= 11 is 0. The zero-order valence-electron chi connectivity index (χ0n) is 20.3. The summed E-state index contributed by atoms with van der Waals surface area (Å²) in [5.74, 6) is 0.0408. The molecule has 180 valence electrons. The summed E-state index contributed by atoms with van der Waals surface area (Å²) in [7, 11) is 1.56. The number of anilines is 1. The predicted molar refractivity (Wildman–Crippen MR) is 136 cm³/mol. The van der Waals surface area contributed by atoms with Gasteiger partial charge in [-0.3, -0.25) is 14.5 Å². The lowest BCUT2D eigenvalue weighted by Gasteiger charge is -2.26. The zero-order chi connectivity index (χ0) is 25.1. The van der Waals surface area contributed by atoms with E-state index in [0.29, 0.717) is 35.3 Å². The summed E-state index contributed by atoms with van der Waals surface area (Å²) in [5, 5.41) is 11.3. The van der Waals surface area contributed by atoms with Gasteiger partial charge in [0.1, 0.15) is 17.3 Å². The Morgan fingerprint density at radius 2 is 1.63 bits per heavy atom. The van der Waals surface area contributed by atoms with Gasteiger partial charge in [-0.1, -0.05) is 43.7 Å². The second-order valence-electron chi connectivity index (χ2n) is 9.01. The number of hydrogen-bond donors (Lipinski definition) is 1. The third-order valence-electron chi connectivity index (χ3n) is 5.86. The van der Waals surface area contributed by atoms with Crippen LogP contribution >= 0.6 is 0 Å². The monoisotopic (exact) mass is 471 g/mol. The first kappa shape index (κ1) is 24.1. The maximum Gasteiger partial charge on any atom is 0.300 e. The van der Waals surface area contributed by atoms with Crippen molar-refractivity contribution in [3.05, 3.63) is 95.1 Å². The molecule has 1 N–H and O–H groups in total. The smallest absolute Gasteiger partial charge is 0.300 e. The van der Waals surface area contributed by atoms with Gasteiger partial charge in [-0.2, -0.15) is 0 Å². The molecule has 0 aromatic heterocycles. The van der Waals surface area contributed by atoms with Gasteiger partial charge in [0.2, 0.25) is 0 Å². The van der Waals surface area contributed by atoms with Gasteiger partial charge in [-0.15, -0.1) is 0 Å². The van der Waals surface area contributed by atoms with Crippen molar-refractivity contribution in [2.45, 2.75) is 26.8 Å². The Balaban J connectivity index is 1.81. The number of amides is 1. The molecule has 0 radical (unpaired) electrons. The van der Waals surface area contributed by atoms with Crippen molar-refractivity contribution in [3.8, 4) is 11.5 Å². The molecule has 35 heavy (non-hydrogen) atoms. The molecule has 0 bridgehead atoms. The van der Waals surface area contributed by atoms with E-state index in [1.54, 1.807) is 55.6 Å². The topological polar surface area (TPSA) is 76.1 Å². The van der Waals surface area contributed by atoms with Crippen LogP contribution in [-0.4, -0.2) is 30.5 Å².